The Morgan fingerprint density at radius 2 is 2.39 bits per heavy atom. The van der Waals surface area contributed by atoms with E-state index in [1.807, 2.05) is 0 Å². The Morgan fingerprint density at radius 1 is 1.56 bits per heavy atom. The molecular formula is C12H11FN2O3. The number of benzene rings is 1. The summed E-state index contributed by atoms with van der Waals surface area (Å²) in [6.45, 7) is 0.299. The van der Waals surface area contributed by atoms with Crippen LogP contribution in [0.3, 0.4) is 0 Å². The van der Waals surface area contributed by atoms with Crippen molar-refractivity contribution in [1.82, 2.24) is 4.98 Å². The zero-order chi connectivity index (χ0) is 13.0. The third-order valence-corrected chi connectivity index (χ3v) is 2.32. The number of aromatic nitrogens is 1. The molecule has 0 saturated carbocycles. The highest BCUT2D eigenvalue weighted by molar-refractivity contribution is 5.95. The number of hydrogen-bond donors (Lipinski definition) is 1. The lowest BCUT2D eigenvalue weighted by atomic mass is 10.1. The van der Waals surface area contributed by atoms with Crippen molar-refractivity contribution < 1.29 is 18.3 Å². The topological polar surface area (TPSA) is 64.4 Å². The van der Waals surface area contributed by atoms with Gasteiger partial charge in [0.15, 0.2) is 6.39 Å². The van der Waals surface area contributed by atoms with Crippen LogP contribution in [0.4, 0.5) is 10.1 Å². The summed E-state index contributed by atoms with van der Waals surface area (Å²) in [6, 6.07) is 3.79. The van der Waals surface area contributed by atoms with E-state index in [4.69, 9.17) is 4.42 Å². The van der Waals surface area contributed by atoms with Gasteiger partial charge in [0.25, 0.3) is 0 Å². The smallest absolute Gasteiger partial charge is 0.339 e. The average molecular weight is 250 g/mol. The number of halogens is 1. The number of ether oxygens (including phenoxy) is 1. The molecule has 0 aliphatic heterocycles. The number of oxazole rings is 1. The predicted octanol–water partition coefficient (Wildman–Crippen LogP) is 2.21. The zero-order valence-electron chi connectivity index (χ0n) is 9.64. The number of nitrogens with zero attached hydrogens (tertiary/aromatic N) is 1. The number of rotatable bonds is 4. The molecule has 0 bridgehead atoms. The molecule has 0 radical (unpaired) electrons. The Labute approximate surface area is 103 Å². The van der Waals surface area contributed by atoms with E-state index < -0.39 is 11.8 Å². The van der Waals surface area contributed by atoms with Gasteiger partial charge in [-0.1, -0.05) is 0 Å². The summed E-state index contributed by atoms with van der Waals surface area (Å²) >= 11 is 0. The van der Waals surface area contributed by atoms with Crippen molar-refractivity contribution in [2.75, 3.05) is 12.4 Å². The lowest BCUT2D eigenvalue weighted by Gasteiger charge is -2.09. The van der Waals surface area contributed by atoms with E-state index in [-0.39, 0.29) is 5.56 Å². The van der Waals surface area contributed by atoms with E-state index in [2.05, 4.69) is 15.0 Å². The molecule has 18 heavy (non-hydrogen) atoms. The van der Waals surface area contributed by atoms with Gasteiger partial charge in [0.1, 0.15) is 11.6 Å². The Hall–Kier alpha value is -2.37. The molecule has 0 atom stereocenters. The predicted molar refractivity (Wildman–Crippen MR) is 61.6 cm³/mol. The van der Waals surface area contributed by atoms with Gasteiger partial charge in [0.05, 0.1) is 31.1 Å². The van der Waals surface area contributed by atoms with Crippen LogP contribution in [0.2, 0.25) is 0 Å². The third kappa shape index (κ3) is 2.65. The maximum absolute atomic E-state index is 13.2. The number of nitrogens with one attached hydrogen (secondary N) is 1. The molecule has 1 N–H and O–H groups in total. The maximum atomic E-state index is 13.2. The Kier molecular flexibility index (Phi) is 3.57. The summed E-state index contributed by atoms with van der Waals surface area (Å²) in [6.07, 6.45) is 2.83. The fraction of sp³-hybridized carbons (Fsp3) is 0.167. The Balaban J connectivity index is 2.19. The molecule has 5 nitrogen and oxygen atoms in total. The minimum Gasteiger partial charge on any atom is -0.465 e. The van der Waals surface area contributed by atoms with Crippen molar-refractivity contribution in [2.45, 2.75) is 6.54 Å². The van der Waals surface area contributed by atoms with Crippen LogP contribution in [0.5, 0.6) is 0 Å². The van der Waals surface area contributed by atoms with Crippen LogP contribution in [0.1, 0.15) is 16.1 Å². The molecule has 1 aromatic heterocycles. The van der Waals surface area contributed by atoms with Crippen molar-refractivity contribution in [2.24, 2.45) is 0 Å². The highest BCUT2D eigenvalue weighted by Gasteiger charge is 2.12. The number of carbonyl (C=O) groups is 1. The summed E-state index contributed by atoms with van der Waals surface area (Å²) < 4.78 is 22.8. The molecule has 1 heterocycles. The number of carbonyl (C=O) groups excluding carboxylic acids is 1. The van der Waals surface area contributed by atoms with Crippen LogP contribution in [0.15, 0.2) is 35.2 Å². The fourth-order valence-electron chi connectivity index (χ4n) is 1.46. The van der Waals surface area contributed by atoms with Gasteiger partial charge in [-0.25, -0.2) is 14.2 Å². The van der Waals surface area contributed by atoms with Crippen molar-refractivity contribution in [3.8, 4) is 0 Å². The molecule has 0 unspecified atom stereocenters. The van der Waals surface area contributed by atoms with Gasteiger partial charge in [-0.05, 0) is 18.2 Å². The van der Waals surface area contributed by atoms with E-state index in [1.165, 1.54) is 37.9 Å². The first-order chi connectivity index (χ1) is 8.70. The summed E-state index contributed by atoms with van der Waals surface area (Å²) in [5.74, 6) is -0.395. The van der Waals surface area contributed by atoms with E-state index >= 15 is 0 Å². The first-order valence-electron chi connectivity index (χ1n) is 5.20. The molecule has 0 saturated heterocycles. The lowest BCUT2D eigenvalue weighted by molar-refractivity contribution is 0.0601. The van der Waals surface area contributed by atoms with Gasteiger partial charge in [-0.3, -0.25) is 0 Å². The van der Waals surface area contributed by atoms with Crippen LogP contribution >= 0.6 is 0 Å². The molecule has 0 aliphatic rings. The largest absolute Gasteiger partial charge is 0.465 e. The van der Waals surface area contributed by atoms with E-state index in [1.54, 1.807) is 0 Å². The second-order valence-electron chi connectivity index (χ2n) is 3.50. The lowest BCUT2D eigenvalue weighted by Crippen LogP contribution is -2.08. The van der Waals surface area contributed by atoms with Gasteiger partial charge in [-0.15, -0.1) is 0 Å². The Bertz CT molecular complexity index is 540. The first-order valence-corrected chi connectivity index (χ1v) is 5.20. The van der Waals surface area contributed by atoms with Gasteiger partial charge >= 0.3 is 5.97 Å². The average Bonchev–Trinajstić information content (AvgIpc) is 2.88. The third-order valence-electron chi connectivity index (χ3n) is 2.32. The molecule has 0 amide bonds. The molecule has 6 heteroatoms. The zero-order valence-corrected chi connectivity index (χ0v) is 9.64. The van der Waals surface area contributed by atoms with Crippen molar-refractivity contribution >= 4 is 11.7 Å². The monoisotopic (exact) mass is 250 g/mol. The van der Waals surface area contributed by atoms with Gasteiger partial charge < -0.3 is 14.5 Å². The SMILES string of the molecule is COC(=O)c1ccc(F)cc1NCc1cnco1. The molecule has 94 valence electrons. The second-order valence-corrected chi connectivity index (χ2v) is 3.50. The van der Waals surface area contributed by atoms with Crippen LogP contribution in [0.25, 0.3) is 0 Å². The highest BCUT2D eigenvalue weighted by atomic mass is 19.1. The van der Waals surface area contributed by atoms with Crippen LogP contribution < -0.4 is 5.32 Å². The van der Waals surface area contributed by atoms with Crippen molar-refractivity contribution in [1.29, 1.82) is 0 Å². The number of anilines is 1. The minimum absolute atomic E-state index is 0.262. The van der Waals surface area contributed by atoms with E-state index in [0.29, 0.717) is 18.0 Å². The standard InChI is InChI=1S/C12H11FN2O3/c1-17-12(16)10-3-2-8(13)4-11(10)15-6-9-5-14-7-18-9/h2-5,7,15H,6H2,1H3. The molecule has 0 spiro atoms. The number of esters is 1. The maximum Gasteiger partial charge on any atom is 0.339 e. The summed E-state index contributed by atoms with van der Waals surface area (Å²) in [5.41, 5.74) is 0.608. The second kappa shape index (κ2) is 5.31. The summed E-state index contributed by atoms with van der Waals surface area (Å²) in [5, 5.41) is 2.90. The Morgan fingerprint density at radius 3 is 3.06 bits per heavy atom. The number of methoxy groups -OCH3 is 1. The summed E-state index contributed by atoms with van der Waals surface area (Å²) in [4.78, 5) is 15.2. The van der Waals surface area contributed by atoms with Gasteiger partial charge in [-0.2, -0.15) is 0 Å². The molecule has 0 fully saturated rings. The molecule has 2 aromatic rings. The molecule has 0 aliphatic carbocycles. The molecular weight excluding hydrogens is 239 g/mol. The summed E-state index contributed by atoms with van der Waals surface area (Å²) in [7, 11) is 1.27. The van der Waals surface area contributed by atoms with E-state index in [9.17, 15) is 9.18 Å². The van der Waals surface area contributed by atoms with Crippen molar-refractivity contribution in [3.05, 3.63) is 47.9 Å². The molecule has 1 aromatic carbocycles. The highest BCUT2D eigenvalue weighted by Crippen LogP contribution is 2.19. The minimum atomic E-state index is -0.532. The van der Waals surface area contributed by atoms with E-state index in [0.717, 1.165) is 0 Å². The fourth-order valence-corrected chi connectivity index (χ4v) is 1.46. The van der Waals surface area contributed by atoms with Crippen molar-refractivity contribution in [3.63, 3.8) is 0 Å². The quantitative estimate of drug-likeness (QED) is 0.843. The number of hydrogen-bond acceptors (Lipinski definition) is 5. The van der Waals surface area contributed by atoms with Gasteiger partial charge in [0, 0.05) is 0 Å². The normalized spacial score (nSPS) is 10.1. The van der Waals surface area contributed by atoms with Crippen LogP contribution in [-0.2, 0) is 11.3 Å². The van der Waals surface area contributed by atoms with Crippen LogP contribution in [0, 0.1) is 5.82 Å². The van der Waals surface area contributed by atoms with Gasteiger partial charge in [0.2, 0.25) is 0 Å². The van der Waals surface area contributed by atoms with Crippen LogP contribution in [-0.4, -0.2) is 18.1 Å². The first kappa shape index (κ1) is 12.1. The molecule has 2 rings (SSSR count).